The van der Waals surface area contributed by atoms with Crippen LogP contribution in [0.3, 0.4) is 0 Å². The van der Waals surface area contributed by atoms with Crippen molar-refractivity contribution >= 4 is 0 Å². The van der Waals surface area contributed by atoms with Crippen molar-refractivity contribution in [3.63, 3.8) is 0 Å². The summed E-state index contributed by atoms with van der Waals surface area (Å²) in [5.74, 6) is 2.75. The lowest BCUT2D eigenvalue weighted by atomic mass is 9.62. The number of hydrogen-bond acceptors (Lipinski definition) is 2. The summed E-state index contributed by atoms with van der Waals surface area (Å²) in [6.07, 6.45) is 6.84. The van der Waals surface area contributed by atoms with Gasteiger partial charge in [-0.15, -0.1) is 0 Å². The van der Waals surface area contributed by atoms with E-state index < -0.39 is 0 Å². The van der Waals surface area contributed by atoms with E-state index in [1.165, 1.54) is 38.6 Å². The molecule has 2 atom stereocenters. The first-order valence-electron chi connectivity index (χ1n) is 7.91. The lowest BCUT2D eigenvalue weighted by Gasteiger charge is -2.45. The van der Waals surface area contributed by atoms with E-state index in [1.807, 2.05) is 0 Å². The van der Waals surface area contributed by atoms with Crippen molar-refractivity contribution in [2.75, 3.05) is 26.3 Å². The molecule has 2 nitrogen and oxygen atoms in total. The highest BCUT2D eigenvalue weighted by Gasteiger charge is 2.38. The summed E-state index contributed by atoms with van der Waals surface area (Å²) in [7, 11) is 0. The van der Waals surface area contributed by atoms with Gasteiger partial charge in [0, 0.05) is 13.2 Å². The van der Waals surface area contributed by atoms with Gasteiger partial charge in [0.25, 0.3) is 0 Å². The summed E-state index contributed by atoms with van der Waals surface area (Å²) in [6.45, 7) is 11.5. The summed E-state index contributed by atoms with van der Waals surface area (Å²) in [5.41, 5.74) is 0.561. The van der Waals surface area contributed by atoms with E-state index in [1.54, 1.807) is 0 Å². The summed E-state index contributed by atoms with van der Waals surface area (Å²) < 4.78 is 5.54. The van der Waals surface area contributed by atoms with Crippen LogP contribution in [-0.4, -0.2) is 26.3 Å². The summed E-state index contributed by atoms with van der Waals surface area (Å²) in [6, 6.07) is 0. The molecule has 1 aliphatic heterocycles. The fourth-order valence-electron chi connectivity index (χ4n) is 3.98. The molecule has 18 heavy (non-hydrogen) atoms. The number of nitrogens with one attached hydrogen (secondary N) is 1. The van der Waals surface area contributed by atoms with Gasteiger partial charge in [-0.3, -0.25) is 0 Å². The second-order valence-electron chi connectivity index (χ2n) is 7.09. The van der Waals surface area contributed by atoms with E-state index in [9.17, 15) is 0 Å². The summed E-state index contributed by atoms with van der Waals surface area (Å²) in [5, 5.41) is 3.58. The first-order chi connectivity index (χ1) is 8.62. The molecule has 0 radical (unpaired) electrons. The smallest absolute Gasteiger partial charge is 0.0468 e. The first-order valence-corrected chi connectivity index (χ1v) is 7.91. The molecular weight excluding hydrogens is 222 g/mol. The Bertz CT molecular complexity index is 245. The van der Waals surface area contributed by atoms with Crippen molar-refractivity contribution in [3.05, 3.63) is 0 Å². The molecule has 2 aliphatic rings. The van der Waals surface area contributed by atoms with E-state index in [0.29, 0.717) is 5.41 Å². The van der Waals surface area contributed by atoms with Crippen LogP contribution in [0.25, 0.3) is 0 Å². The van der Waals surface area contributed by atoms with Gasteiger partial charge in [0.1, 0.15) is 0 Å². The Kier molecular flexibility index (Phi) is 5.08. The molecular formula is C16H31NO. The molecule has 0 amide bonds. The van der Waals surface area contributed by atoms with Crippen LogP contribution in [0.1, 0.15) is 52.9 Å². The molecule has 1 aliphatic carbocycles. The minimum absolute atomic E-state index is 0.561. The minimum Gasteiger partial charge on any atom is -0.381 e. The van der Waals surface area contributed by atoms with E-state index in [0.717, 1.165) is 37.5 Å². The Morgan fingerprint density at radius 2 is 1.89 bits per heavy atom. The fraction of sp³-hybridized carbons (Fsp3) is 1.00. The third-order valence-electron chi connectivity index (χ3n) is 5.11. The normalized spacial score (nSPS) is 33.5. The maximum Gasteiger partial charge on any atom is 0.0468 e. The average Bonchev–Trinajstić information content (AvgIpc) is 2.38. The monoisotopic (exact) mass is 253 g/mol. The standard InChI is InChI=1S/C16H31NO/c1-4-17-12-14-5-8-16(2,3)11-15(14)13-6-9-18-10-7-13/h13-15,17H,4-12H2,1-3H3. The zero-order valence-corrected chi connectivity index (χ0v) is 12.5. The van der Waals surface area contributed by atoms with E-state index in [-0.39, 0.29) is 0 Å². The van der Waals surface area contributed by atoms with Crippen LogP contribution in [-0.2, 0) is 4.74 Å². The molecule has 0 bridgehead atoms. The first kappa shape index (κ1) is 14.3. The molecule has 0 spiro atoms. The van der Waals surface area contributed by atoms with Crippen molar-refractivity contribution < 1.29 is 4.74 Å². The van der Waals surface area contributed by atoms with Crippen LogP contribution in [0.4, 0.5) is 0 Å². The van der Waals surface area contributed by atoms with Gasteiger partial charge < -0.3 is 10.1 Å². The van der Waals surface area contributed by atoms with Gasteiger partial charge >= 0.3 is 0 Å². The number of rotatable bonds is 4. The van der Waals surface area contributed by atoms with Crippen LogP contribution in [0.15, 0.2) is 0 Å². The van der Waals surface area contributed by atoms with Crippen LogP contribution >= 0.6 is 0 Å². The maximum absolute atomic E-state index is 5.54. The quantitative estimate of drug-likeness (QED) is 0.828. The topological polar surface area (TPSA) is 21.3 Å². The van der Waals surface area contributed by atoms with Gasteiger partial charge in [-0.2, -0.15) is 0 Å². The third kappa shape index (κ3) is 3.71. The van der Waals surface area contributed by atoms with Crippen molar-refractivity contribution in [2.24, 2.45) is 23.2 Å². The highest BCUT2D eigenvalue weighted by atomic mass is 16.5. The van der Waals surface area contributed by atoms with Gasteiger partial charge in [-0.05, 0) is 68.4 Å². The Hall–Kier alpha value is -0.0800. The predicted octanol–water partition coefficient (Wildman–Crippen LogP) is 3.47. The molecule has 1 N–H and O–H groups in total. The molecule has 1 heterocycles. The van der Waals surface area contributed by atoms with Gasteiger partial charge in [-0.25, -0.2) is 0 Å². The molecule has 2 fully saturated rings. The van der Waals surface area contributed by atoms with Crippen molar-refractivity contribution in [3.8, 4) is 0 Å². The van der Waals surface area contributed by atoms with Crippen LogP contribution < -0.4 is 5.32 Å². The largest absolute Gasteiger partial charge is 0.381 e. The van der Waals surface area contributed by atoms with Crippen LogP contribution in [0.5, 0.6) is 0 Å². The Morgan fingerprint density at radius 3 is 2.56 bits per heavy atom. The molecule has 2 heteroatoms. The van der Waals surface area contributed by atoms with Crippen molar-refractivity contribution in [1.82, 2.24) is 5.32 Å². The molecule has 1 saturated carbocycles. The Morgan fingerprint density at radius 1 is 1.17 bits per heavy atom. The highest BCUT2D eigenvalue weighted by molar-refractivity contribution is 4.89. The second kappa shape index (κ2) is 6.38. The second-order valence-corrected chi connectivity index (χ2v) is 7.09. The highest BCUT2D eigenvalue weighted by Crippen LogP contribution is 2.46. The summed E-state index contributed by atoms with van der Waals surface area (Å²) in [4.78, 5) is 0. The van der Waals surface area contributed by atoms with Gasteiger partial charge in [0.05, 0.1) is 0 Å². The van der Waals surface area contributed by atoms with E-state index >= 15 is 0 Å². The zero-order valence-electron chi connectivity index (χ0n) is 12.5. The average molecular weight is 253 g/mol. The number of ether oxygens (including phenoxy) is 1. The fourth-order valence-corrected chi connectivity index (χ4v) is 3.98. The number of hydrogen-bond donors (Lipinski definition) is 1. The SMILES string of the molecule is CCNCC1CCC(C)(C)CC1C1CCOCC1. The van der Waals surface area contributed by atoms with E-state index in [4.69, 9.17) is 4.74 Å². The Labute approximate surface area is 113 Å². The molecule has 0 aromatic carbocycles. The third-order valence-corrected chi connectivity index (χ3v) is 5.11. The lowest BCUT2D eigenvalue weighted by Crippen LogP contribution is -2.40. The molecule has 1 saturated heterocycles. The van der Waals surface area contributed by atoms with Crippen LogP contribution in [0.2, 0.25) is 0 Å². The van der Waals surface area contributed by atoms with Gasteiger partial charge in [-0.1, -0.05) is 20.8 Å². The van der Waals surface area contributed by atoms with Gasteiger partial charge in [0.2, 0.25) is 0 Å². The molecule has 0 aromatic rings. The van der Waals surface area contributed by atoms with Crippen molar-refractivity contribution in [1.29, 1.82) is 0 Å². The van der Waals surface area contributed by atoms with Crippen LogP contribution in [0, 0.1) is 23.2 Å². The molecule has 2 rings (SSSR count). The molecule has 106 valence electrons. The lowest BCUT2D eigenvalue weighted by molar-refractivity contribution is 0.000926. The van der Waals surface area contributed by atoms with Crippen molar-refractivity contribution in [2.45, 2.75) is 52.9 Å². The molecule has 0 aromatic heterocycles. The Balaban J connectivity index is 1.98. The maximum atomic E-state index is 5.54. The molecule has 2 unspecified atom stereocenters. The predicted molar refractivity (Wildman–Crippen MR) is 76.7 cm³/mol. The summed E-state index contributed by atoms with van der Waals surface area (Å²) >= 11 is 0. The van der Waals surface area contributed by atoms with Gasteiger partial charge in [0.15, 0.2) is 0 Å². The minimum atomic E-state index is 0.561. The van der Waals surface area contributed by atoms with E-state index in [2.05, 4.69) is 26.1 Å². The zero-order chi connectivity index (χ0) is 13.0.